The van der Waals surface area contributed by atoms with Crippen molar-refractivity contribution >= 4 is 5.69 Å². The highest BCUT2D eigenvalue weighted by atomic mass is 14.5. The molecule has 0 saturated heterocycles. The molecule has 0 fully saturated rings. The topological polar surface area (TPSA) is 52.0 Å². The van der Waals surface area contributed by atoms with Crippen LogP contribution in [-0.4, -0.2) is 6.54 Å². The number of nitrogens with two attached hydrogens (primary N) is 2. The van der Waals surface area contributed by atoms with E-state index in [0.717, 1.165) is 12.2 Å². The monoisotopic (exact) mass is 152 g/mol. The highest BCUT2D eigenvalue weighted by Gasteiger charge is 1.80. The first-order valence-corrected chi connectivity index (χ1v) is 3.73. The normalized spacial score (nSPS) is 8.27. The number of anilines is 1. The molecular formula is C9H16N2. The summed E-state index contributed by atoms with van der Waals surface area (Å²) in [7, 11) is 0. The van der Waals surface area contributed by atoms with Crippen LogP contribution >= 0.6 is 0 Å². The number of hydrogen-bond acceptors (Lipinski definition) is 2. The van der Waals surface area contributed by atoms with E-state index in [0.29, 0.717) is 0 Å². The van der Waals surface area contributed by atoms with Gasteiger partial charge in [0.25, 0.3) is 0 Å². The number of rotatable bonds is 0. The van der Waals surface area contributed by atoms with Gasteiger partial charge in [0, 0.05) is 5.69 Å². The third kappa shape index (κ3) is 5.43. The summed E-state index contributed by atoms with van der Waals surface area (Å²) in [5.41, 5.74) is 12.4. The van der Waals surface area contributed by atoms with Crippen molar-refractivity contribution < 1.29 is 0 Å². The predicted molar refractivity (Wildman–Crippen MR) is 50.3 cm³/mol. The summed E-state index contributed by atoms with van der Waals surface area (Å²) in [6.45, 7) is 4.69. The SMILES string of the molecule is CCN.Cc1ccc(N)cc1. The zero-order valence-electron chi connectivity index (χ0n) is 7.17. The number of hydrogen-bond donors (Lipinski definition) is 2. The van der Waals surface area contributed by atoms with Crippen molar-refractivity contribution in [3.8, 4) is 0 Å². The maximum atomic E-state index is 5.43. The van der Waals surface area contributed by atoms with Gasteiger partial charge in [-0.05, 0) is 25.6 Å². The summed E-state index contributed by atoms with van der Waals surface area (Å²) in [5, 5.41) is 0. The summed E-state index contributed by atoms with van der Waals surface area (Å²) in [5.74, 6) is 0. The minimum absolute atomic E-state index is 0.750. The lowest BCUT2D eigenvalue weighted by Gasteiger charge is -1.90. The molecule has 0 radical (unpaired) electrons. The smallest absolute Gasteiger partial charge is 0.0314 e. The molecule has 11 heavy (non-hydrogen) atoms. The van der Waals surface area contributed by atoms with Crippen LogP contribution in [-0.2, 0) is 0 Å². The standard InChI is InChI=1S/C7H9N.C2H7N/c1-6-2-4-7(8)5-3-6;1-2-3/h2-5H,8H2,1H3;2-3H2,1H3. The minimum atomic E-state index is 0.750. The lowest BCUT2D eigenvalue weighted by Crippen LogP contribution is -1.87. The number of benzene rings is 1. The van der Waals surface area contributed by atoms with Crippen LogP contribution in [0.5, 0.6) is 0 Å². The maximum Gasteiger partial charge on any atom is 0.0314 e. The van der Waals surface area contributed by atoms with Gasteiger partial charge < -0.3 is 11.5 Å². The third-order valence-corrected chi connectivity index (χ3v) is 1.08. The van der Waals surface area contributed by atoms with Gasteiger partial charge in [0.1, 0.15) is 0 Å². The molecule has 2 heteroatoms. The van der Waals surface area contributed by atoms with E-state index in [1.54, 1.807) is 0 Å². The molecule has 0 aliphatic heterocycles. The first-order valence-electron chi connectivity index (χ1n) is 3.73. The van der Waals surface area contributed by atoms with E-state index in [-0.39, 0.29) is 0 Å². The Hall–Kier alpha value is -1.02. The Labute approximate surface area is 68.2 Å². The molecule has 0 amide bonds. The van der Waals surface area contributed by atoms with E-state index in [4.69, 9.17) is 11.5 Å². The molecule has 0 bridgehead atoms. The Balaban J connectivity index is 0.000000292. The molecule has 62 valence electrons. The molecule has 1 aromatic carbocycles. The van der Waals surface area contributed by atoms with Gasteiger partial charge in [-0.15, -0.1) is 0 Å². The third-order valence-electron chi connectivity index (χ3n) is 1.08. The van der Waals surface area contributed by atoms with Crippen molar-refractivity contribution in [1.82, 2.24) is 0 Å². The van der Waals surface area contributed by atoms with E-state index in [2.05, 4.69) is 0 Å². The lowest BCUT2D eigenvalue weighted by molar-refractivity contribution is 1.14. The molecule has 1 rings (SSSR count). The Morgan fingerprint density at radius 1 is 1.18 bits per heavy atom. The predicted octanol–water partition coefficient (Wildman–Crippen LogP) is 1.54. The molecule has 0 aliphatic carbocycles. The van der Waals surface area contributed by atoms with Crippen molar-refractivity contribution in [2.24, 2.45) is 5.73 Å². The highest BCUT2D eigenvalue weighted by Crippen LogP contribution is 2.02. The van der Waals surface area contributed by atoms with Crippen LogP contribution in [0.25, 0.3) is 0 Å². The van der Waals surface area contributed by atoms with Crippen LogP contribution in [0.15, 0.2) is 24.3 Å². The van der Waals surface area contributed by atoms with E-state index in [1.807, 2.05) is 38.1 Å². The Morgan fingerprint density at radius 2 is 1.55 bits per heavy atom. The summed E-state index contributed by atoms with van der Waals surface area (Å²) in [6, 6.07) is 7.79. The van der Waals surface area contributed by atoms with Crippen LogP contribution in [0, 0.1) is 6.92 Å². The fourth-order valence-electron chi connectivity index (χ4n) is 0.566. The molecule has 0 heterocycles. The molecular weight excluding hydrogens is 136 g/mol. The van der Waals surface area contributed by atoms with Gasteiger partial charge in [0.2, 0.25) is 0 Å². The molecule has 0 aliphatic rings. The van der Waals surface area contributed by atoms with Crippen LogP contribution in [0.4, 0.5) is 5.69 Å². The van der Waals surface area contributed by atoms with Gasteiger partial charge in [-0.3, -0.25) is 0 Å². The highest BCUT2D eigenvalue weighted by molar-refractivity contribution is 5.38. The maximum absolute atomic E-state index is 5.43. The average molecular weight is 152 g/mol. The van der Waals surface area contributed by atoms with Crippen LogP contribution < -0.4 is 11.5 Å². The van der Waals surface area contributed by atoms with Crippen molar-refractivity contribution in [3.63, 3.8) is 0 Å². The van der Waals surface area contributed by atoms with Crippen molar-refractivity contribution in [1.29, 1.82) is 0 Å². The quantitative estimate of drug-likeness (QED) is 0.554. The zero-order chi connectivity index (χ0) is 8.69. The summed E-state index contributed by atoms with van der Waals surface area (Å²) in [4.78, 5) is 0. The Kier molecular flexibility index (Phi) is 5.21. The zero-order valence-corrected chi connectivity index (χ0v) is 7.17. The lowest BCUT2D eigenvalue weighted by atomic mass is 10.2. The second kappa shape index (κ2) is 5.74. The molecule has 2 nitrogen and oxygen atoms in total. The second-order valence-electron chi connectivity index (χ2n) is 2.32. The van der Waals surface area contributed by atoms with E-state index >= 15 is 0 Å². The summed E-state index contributed by atoms with van der Waals surface area (Å²) >= 11 is 0. The van der Waals surface area contributed by atoms with E-state index in [1.165, 1.54) is 5.56 Å². The molecule has 4 N–H and O–H groups in total. The van der Waals surface area contributed by atoms with Gasteiger partial charge in [0.15, 0.2) is 0 Å². The molecule has 0 saturated carbocycles. The summed E-state index contributed by atoms with van der Waals surface area (Å²) < 4.78 is 0. The van der Waals surface area contributed by atoms with Gasteiger partial charge in [-0.25, -0.2) is 0 Å². The van der Waals surface area contributed by atoms with Crippen molar-refractivity contribution in [3.05, 3.63) is 29.8 Å². The van der Waals surface area contributed by atoms with E-state index < -0.39 is 0 Å². The molecule has 0 atom stereocenters. The fourth-order valence-corrected chi connectivity index (χ4v) is 0.566. The van der Waals surface area contributed by atoms with Gasteiger partial charge in [0.05, 0.1) is 0 Å². The van der Waals surface area contributed by atoms with Crippen LogP contribution in [0.1, 0.15) is 12.5 Å². The Bertz CT molecular complexity index is 158. The van der Waals surface area contributed by atoms with Gasteiger partial charge in [-0.1, -0.05) is 24.6 Å². The Morgan fingerprint density at radius 3 is 1.82 bits per heavy atom. The molecule has 0 unspecified atom stereocenters. The summed E-state index contributed by atoms with van der Waals surface area (Å²) in [6.07, 6.45) is 0. The van der Waals surface area contributed by atoms with Crippen molar-refractivity contribution in [2.75, 3.05) is 12.3 Å². The van der Waals surface area contributed by atoms with Crippen LogP contribution in [0.2, 0.25) is 0 Å². The first-order chi connectivity index (χ1) is 5.20. The van der Waals surface area contributed by atoms with Crippen LogP contribution in [0.3, 0.4) is 0 Å². The minimum Gasteiger partial charge on any atom is -0.399 e. The fraction of sp³-hybridized carbons (Fsp3) is 0.333. The molecule has 0 spiro atoms. The molecule has 0 aromatic heterocycles. The first kappa shape index (κ1) is 9.98. The second-order valence-corrected chi connectivity index (χ2v) is 2.32. The van der Waals surface area contributed by atoms with Gasteiger partial charge >= 0.3 is 0 Å². The number of aryl methyl sites for hydroxylation is 1. The van der Waals surface area contributed by atoms with Gasteiger partial charge in [-0.2, -0.15) is 0 Å². The average Bonchev–Trinajstić information content (AvgIpc) is 1.97. The largest absolute Gasteiger partial charge is 0.399 e. The van der Waals surface area contributed by atoms with Crippen molar-refractivity contribution in [2.45, 2.75) is 13.8 Å². The number of nitrogen functional groups attached to an aromatic ring is 1. The molecule has 1 aromatic rings. The van der Waals surface area contributed by atoms with E-state index in [9.17, 15) is 0 Å².